The quantitative estimate of drug-likeness (QED) is 0.536. The lowest BCUT2D eigenvalue weighted by Crippen LogP contribution is -1.70. The lowest BCUT2D eigenvalue weighted by Gasteiger charge is -1.91. The predicted octanol–water partition coefficient (Wildman–Crippen LogP) is 3.87. The van der Waals surface area contributed by atoms with Gasteiger partial charge in [0.15, 0.2) is 0 Å². The normalized spacial score (nSPS) is 14.5. The minimum absolute atomic E-state index is 1.14. The first kappa shape index (κ1) is 10.2. The Balaban J connectivity index is 4.10. The topological polar surface area (TPSA) is 0 Å². The summed E-state index contributed by atoms with van der Waals surface area (Å²) in [6.45, 7) is 8.47. The third-order valence-corrected chi connectivity index (χ3v) is 1.62. The number of hydrogen-bond donors (Lipinski definition) is 0. The van der Waals surface area contributed by atoms with E-state index in [1.807, 2.05) is 6.92 Å². The van der Waals surface area contributed by atoms with Gasteiger partial charge in [-0.2, -0.15) is 0 Å². The molecule has 0 aromatic rings. The third kappa shape index (κ3) is 5.65. The molecule has 0 aromatic carbocycles. The molecule has 62 valence electrons. The molecule has 0 N–H and O–H groups in total. The maximum atomic E-state index is 2.18. The van der Waals surface area contributed by atoms with Crippen molar-refractivity contribution < 1.29 is 0 Å². The molecule has 0 atom stereocenters. The second-order valence-electron chi connectivity index (χ2n) is 2.78. The third-order valence-electron chi connectivity index (χ3n) is 1.62. The molecule has 0 aliphatic heterocycles. The Labute approximate surface area is 70.3 Å². The Morgan fingerprint density at radius 2 is 1.82 bits per heavy atom. The van der Waals surface area contributed by atoms with Gasteiger partial charge in [0.05, 0.1) is 0 Å². The standard InChI is InChI=1S/C11H18/c1-5-7-11(4)9-8-10(3)6-2/h5,7-9H,6H2,1-4H3. The van der Waals surface area contributed by atoms with E-state index in [0.29, 0.717) is 0 Å². The van der Waals surface area contributed by atoms with Crippen LogP contribution in [0, 0.1) is 0 Å². The summed E-state index contributed by atoms with van der Waals surface area (Å²) in [6, 6.07) is 0. The first-order valence-electron chi connectivity index (χ1n) is 4.17. The van der Waals surface area contributed by atoms with Crippen LogP contribution in [0.15, 0.2) is 35.5 Å². The van der Waals surface area contributed by atoms with Crippen molar-refractivity contribution in [3.63, 3.8) is 0 Å². The molecule has 0 bridgehead atoms. The Morgan fingerprint density at radius 3 is 2.27 bits per heavy atom. The molecule has 0 aliphatic rings. The molecule has 11 heavy (non-hydrogen) atoms. The molecule has 0 nitrogen and oxygen atoms in total. The van der Waals surface area contributed by atoms with Crippen molar-refractivity contribution in [2.24, 2.45) is 0 Å². The molecule has 0 rings (SSSR count). The Hall–Kier alpha value is -0.780. The van der Waals surface area contributed by atoms with Crippen LogP contribution >= 0.6 is 0 Å². The van der Waals surface area contributed by atoms with Gasteiger partial charge < -0.3 is 0 Å². The highest BCUT2D eigenvalue weighted by Crippen LogP contribution is 2.01. The van der Waals surface area contributed by atoms with Gasteiger partial charge in [-0.3, -0.25) is 0 Å². The summed E-state index contributed by atoms with van der Waals surface area (Å²) in [4.78, 5) is 0. The second kappa shape index (κ2) is 5.96. The largest absolute Gasteiger partial charge is 0.0874 e. The smallest absolute Gasteiger partial charge is 0.0349 e. The summed E-state index contributed by atoms with van der Waals surface area (Å²) in [6.07, 6.45) is 9.63. The number of hydrogen-bond acceptors (Lipinski definition) is 0. The molecule has 0 unspecified atom stereocenters. The monoisotopic (exact) mass is 150 g/mol. The van der Waals surface area contributed by atoms with Crippen molar-refractivity contribution in [1.82, 2.24) is 0 Å². The van der Waals surface area contributed by atoms with Crippen LogP contribution in [0.25, 0.3) is 0 Å². The highest BCUT2D eigenvalue weighted by atomic mass is 13.9. The lowest BCUT2D eigenvalue weighted by molar-refractivity contribution is 1.10. The minimum atomic E-state index is 1.14. The molecule has 0 saturated carbocycles. The van der Waals surface area contributed by atoms with E-state index in [0.717, 1.165) is 6.42 Å². The zero-order chi connectivity index (χ0) is 8.69. The summed E-state index contributed by atoms with van der Waals surface area (Å²) in [5.74, 6) is 0. The zero-order valence-corrected chi connectivity index (χ0v) is 8.02. The van der Waals surface area contributed by atoms with Crippen LogP contribution in [-0.4, -0.2) is 0 Å². The van der Waals surface area contributed by atoms with Crippen LogP contribution in [0.5, 0.6) is 0 Å². The molecule has 0 fully saturated rings. The Kier molecular flexibility index (Phi) is 5.54. The van der Waals surface area contributed by atoms with Gasteiger partial charge in [0.1, 0.15) is 0 Å². The van der Waals surface area contributed by atoms with E-state index >= 15 is 0 Å². The number of allylic oxidation sites excluding steroid dienone is 6. The Bertz CT molecular complexity index is 180. The van der Waals surface area contributed by atoms with Crippen molar-refractivity contribution in [2.75, 3.05) is 0 Å². The maximum Gasteiger partial charge on any atom is -0.0349 e. The van der Waals surface area contributed by atoms with Gasteiger partial charge in [0, 0.05) is 0 Å². The average Bonchev–Trinajstić information content (AvgIpc) is 2.01. The van der Waals surface area contributed by atoms with E-state index in [1.165, 1.54) is 11.1 Å². The number of rotatable bonds is 3. The van der Waals surface area contributed by atoms with Crippen molar-refractivity contribution in [2.45, 2.75) is 34.1 Å². The molecule has 0 saturated heterocycles. The van der Waals surface area contributed by atoms with Gasteiger partial charge in [-0.05, 0) is 27.2 Å². The van der Waals surface area contributed by atoms with Crippen LogP contribution < -0.4 is 0 Å². The predicted molar refractivity (Wildman–Crippen MR) is 52.6 cm³/mol. The molecule has 0 aromatic heterocycles. The molecule has 0 aliphatic carbocycles. The van der Waals surface area contributed by atoms with Crippen LogP contribution in [0.1, 0.15) is 34.1 Å². The summed E-state index contributed by atoms with van der Waals surface area (Å²) >= 11 is 0. The minimum Gasteiger partial charge on any atom is -0.0874 e. The van der Waals surface area contributed by atoms with Crippen LogP contribution in [0.3, 0.4) is 0 Å². The Morgan fingerprint density at radius 1 is 1.18 bits per heavy atom. The van der Waals surface area contributed by atoms with Crippen LogP contribution in [0.4, 0.5) is 0 Å². The molecular weight excluding hydrogens is 132 g/mol. The van der Waals surface area contributed by atoms with Gasteiger partial charge in [-0.1, -0.05) is 42.4 Å². The fourth-order valence-electron chi connectivity index (χ4n) is 0.710. The highest BCUT2D eigenvalue weighted by molar-refractivity contribution is 5.23. The van der Waals surface area contributed by atoms with E-state index in [1.54, 1.807) is 0 Å². The summed E-state index contributed by atoms with van der Waals surface area (Å²) in [7, 11) is 0. The van der Waals surface area contributed by atoms with Crippen LogP contribution in [0.2, 0.25) is 0 Å². The molecule has 0 radical (unpaired) electrons. The SMILES string of the molecule is CC=CC(C)=CC=C(C)CC. The summed E-state index contributed by atoms with van der Waals surface area (Å²) in [5, 5.41) is 0. The fourth-order valence-corrected chi connectivity index (χ4v) is 0.710. The molecule has 0 heterocycles. The van der Waals surface area contributed by atoms with Gasteiger partial charge in [0.25, 0.3) is 0 Å². The van der Waals surface area contributed by atoms with E-state index in [4.69, 9.17) is 0 Å². The van der Waals surface area contributed by atoms with E-state index < -0.39 is 0 Å². The zero-order valence-electron chi connectivity index (χ0n) is 8.02. The first-order valence-corrected chi connectivity index (χ1v) is 4.17. The first-order chi connectivity index (χ1) is 5.20. The van der Waals surface area contributed by atoms with Crippen molar-refractivity contribution in [3.05, 3.63) is 35.5 Å². The van der Waals surface area contributed by atoms with Crippen LogP contribution in [-0.2, 0) is 0 Å². The lowest BCUT2D eigenvalue weighted by atomic mass is 10.2. The van der Waals surface area contributed by atoms with Gasteiger partial charge >= 0.3 is 0 Å². The molecular formula is C11H18. The van der Waals surface area contributed by atoms with Crippen molar-refractivity contribution in [3.8, 4) is 0 Å². The maximum absolute atomic E-state index is 2.18. The van der Waals surface area contributed by atoms with Crippen molar-refractivity contribution in [1.29, 1.82) is 0 Å². The summed E-state index contributed by atoms with van der Waals surface area (Å²) in [5.41, 5.74) is 2.73. The van der Waals surface area contributed by atoms with Gasteiger partial charge in [-0.15, -0.1) is 0 Å². The molecule has 0 amide bonds. The highest BCUT2D eigenvalue weighted by Gasteiger charge is 1.80. The van der Waals surface area contributed by atoms with E-state index in [2.05, 4.69) is 45.1 Å². The molecule has 0 spiro atoms. The van der Waals surface area contributed by atoms with E-state index in [-0.39, 0.29) is 0 Å². The van der Waals surface area contributed by atoms with Gasteiger partial charge in [-0.25, -0.2) is 0 Å². The average molecular weight is 150 g/mol. The van der Waals surface area contributed by atoms with E-state index in [9.17, 15) is 0 Å². The van der Waals surface area contributed by atoms with Gasteiger partial charge in [0.2, 0.25) is 0 Å². The summed E-state index contributed by atoms with van der Waals surface area (Å²) < 4.78 is 0. The fraction of sp³-hybridized carbons (Fsp3) is 0.455. The van der Waals surface area contributed by atoms with Crippen molar-refractivity contribution >= 4 is 0 Å². The molecule has 0 heteroatoms. The second-order valence-corrected chi connectivity index (χ2v) is 2.78.